The van der Waals surface area contributed by atoms with Gasteiger partial charge in [-0.25, -0.2) is 4.98 Å². The van der Waals surface area contributed by atoms with Crippen LogP contribution in [0.5, 0.6) is 0 Å². The normalized spacial score (nSPS) is 9.93. The van der Waals surface area contributed by atoms with Crippen LogP contribution in [0.15, 0.2) is 5.38 Å². The van der Waals surface area contributed by atoms with Gasteiger partial charge in [0.05, 0.1) is 6.61 Å². The number of esters is 1. The van der Waals surface area contributed by atoms with Crippen LogP contribution in [-0.4, -0.2) is 31.2 Å². The highest BCUT2D eigenvalue weighted by Gasteiger charge is 2.10. The summed E-state index contributed by atoms with van der Waals surface area (Å²) < 4.78 is 4.80. The molecule has 1 rings (SSSR count). The molecule has 0 fully saturated rings. The molecular weight excluding hydrogens is 224 g/mol. The Bertz CT molecular complexity index is 316. The van der Waals surface area contributed by atoms with E-state index in [0.29, 0.717) is 16.9 Å². The van der Waals surface area contributed by atoms with Crippen LogP contribution in [0.3, 0.4) is 0 Å². The highest BCUT2D eigenvalue weighted by molar-refractivity contribution is 7.14. The minimum absolute atomic E-state index is 0.192. The molecular formula is C8H11ClN2O2S. The molecule has 0 radical (unpaired) electrons. The van der Waals surface area contributed by atoms with Gasteiger partial charge < -0.3 is 9.64 Å². The van der Waals surface area contributed by atoms with Crippen molar-refractivity contribution in [1.29, 1.82) is 0 Å². The second kappa shape index (κ2) is 5.17. The Hall–Kier alpha value is -0.810. The molecule has 14 heavy (non-hydrogen) atoms. The minimum atomic E-state index is -0.263. The minimum Gasteiger partial charge on any atom is -0.465 e. The van der Waals surface area contributed by atoms with Crippen LogP contribution in [0.1, 0.15) is 6.92 Å². The summed E-state index contributed by atoms with van der Waals surface area (Å²) in [5.41, 5.74) is 0. The summed E-state index contributed by atoms with van der Waals surface area (Å²) >= 11 is 7.05. The van der Waals surface area contributed by atoms with Gasteiger partial charge in [-0.15, -0.1) is 11.3 Å². The molecule has 0 amide bonds. The second-order valence-corrected chi connectivity index (χ2v) is 3.84. The number of thiazole rings is 1. The van der Waals surface area contributed by atoms with Gasteiger partial charge in [-0.05, 0) is 6.92 Å². The van der Waals surface area contributed by atoms with Gasteiger partial charge in [0.1, 0.15) is 11.7 Å². The molecule has 0 aliphatic carbocycles. The largest absolute Gasteiger partial charge is 0.465 e. The summed E-state index contributed by atoms with van der Waals surface area (Å²) in [6.07, 6.45) is 0. The maximum absolute atomic E-state index is 11.1. The molecule has 0 aromatic carbocycles. The zero-order valence-electron chi connectivity index (χ0n) is 7.99. The zero-order valence-corrected chi connectivity index (χ0v) is 9.56. The number of halogens is 1. The number of hydrogen-bond acceptors (Lipinski definition) is 5. The highest BCUT2D eigenvalue weighted by Crippen LogP contribution is 2.21. The Morgan fingerprint density at radius 2 is 2.50 bits per heavy atom. The molecule has 0 bridgehead atoms. The molecule has 1 aromatic heterocycles. The van der Waals surface area contributed by atoms with E-state index in [1.165, 1.54) is 11.3 Å². The molecule has 6 heteroatoms. The summed E-state index contributed by atoms with van der Waals surface area (Å²) in [4.78, 5) is 16.8. The molecule has 0 N–H and O–H groups in total. The van der Waals surface area contributed by atoms with Crippen molar-refractivity contribution < 1.29 is 9.53 Å². The van der Waals surface area contributed by atoms with Gasteiger partial charge >= 0.3 is 5.97 Å². The molecule has 0 spiro atoms. The molecule has 0 saturated carbocycles. The van der Waals surface area contributed by atoms with Crippen LogP contribution < -0.4 is 4.90 Å². The Morgan fingerprint density at radius 3 is 3.00 bits per heavy atom. The van der Waals surface area contributed by atoms with Crippen molar-refractivity contribution in [2.24, 2.45) is 0 Å². The third-order valence-corrected chi connectivity index (χ3v) is 2.74. The van der Waals surface area contributed by atoms with E-state index in [2.05, 4.69) is 4.98 Å². The van der Waals surface area contributed by atoms with Gasteiger partial charge in [0.2, 0.25) is 0 Å². The fraction of sp³-hybridized carbons (Fsp3) is 0.500. The van der Waals surface area contributed by atoms with Crippen LogP contribution in [0, 0.1) is 0 Å². The lowest BCUT2D eigenvalue weighted by atomic mass is 10.6. The van der Waals surface area contributed by atoms with Gasteiger partial charge in [-0.1, -0.05) is 11.6 Å². The first-order valence-corrected chi connectivity index (χ1v) is 5.37. The Morgan fingerprint density at radius 1 is 1.79 bits per heavy atom. The zero-order chi connectivity index (χ0) is 10.6. The van der Waals surface area contributed by atoms with Crippen molar-refractivity contribution in [1.82, 2.24) is 4.98 Å². The van der Waals surface area contributed by atoms with E-state index < -0.39 is 0 Å². The van der Waals surface area contributed by atoms with E-state index in [4.69, 9.17) is 16.3 Å². The number of aromatic nitrogens is 1. The quantitative estimate of drug-likeness (QED) is 0.745. The molecule has 78 valence electrons. The number of rotatable bonds is 4. The van der Waals surface area contributed by atoms with Gasteiger partial charge in [0.25, 0.3) is 0 Å². The van der Waals surface area contributed by atoms with Crippen molar-refractivity contribution in [2.75, 3.05) is 25.1 Å². The van der Waals surface area contributed by atoms with Crippen LogP contribution in [0.2, 0.25) is 5.15 Å². The summed E-state index contributed by atoms with van der Waals surface area (Å²) in [5.74, 6) is -0.263. The van der Waals surface area contributed by atoms with Gasteiger partial charge in [0, 0.05) is 12.4 Å². The molecule has 0 unspecified atom stereocenters. The SMILES string of the molecule is CCOC(=O)CN(C)c1nc(Cl)cs1. The first kappa shape index (κ1) is 11.3. The average molecular weight is 235 g/mol. The molecule has 0 aliphatic rings. The molecule has 0 saturated heterocycles. The van der Waals surface area contributed by atoms with Crippen molar-refractivity contribution in [3.05, 3.63) is 10.5 Å². The lowest BCUT2D eigenvalue weighted by molar-refractivity contribution is -0.141. The van der Waals surface area contributed by atoms with Crippen molar-refractivity contribution in [3.8, 4) is 0 Å². The monoisotopic (exact) mass is 234 g/mol. The fourth-order valence-electron chi connectivity index (χ4n) is 0.889. The lowest BCUT2D eigenvalue weighted by Crippen LogP contribution is -2.26. The highest BCUT2D eigenvalue weighted by atomic mass is 35.5. The van der Waals surface area contributed by atoms with Crippen LogP contribution in [0.4, 0.5) is 5.13 Å². The van der Waals surface area contributed by atoms with Crippen LogP contribution in [0.25, 0.3) is 0 Å². The Labute approximate surface area is 91.5 Å². The Kier molecular flexibility index (Phi) is 4.16. The number of hydrogen-bond donors (Lipinski definition) is 0. The van der Waals surface area contributed by atoms with Crippen molar-refractivity contribution in [2.45, 2.75) is 6.92 Å². The maximum atomic E-state index is 11.1. The van der Waals surface area contributed by atoms with Crippen LogP contribution >= 0.6 is 22.9 Å². The first-order chi connectivity index (χ1) is 6.63. The summed E-state index contributed by atoms with van der Waals surface area (Å²) in [6, 6.07) is 0. The Balaban J connectivity index is 2.50. The number of anilines is 1. The fourth-order valence-corrected chi connectivity index (χ4v) is 1.80. The second-order valence-electron chi connectivity index (χ2n) is 2.61. The number of carbonyl (C=O) groups excluding carboxylic acids is 1. The maximum Gasteiger partial charge on any atom is 0.325 e. The third kappa shape index (κ3) is 3.16. The number of nitrogens with zero attached hydrogens (tertiary/aromatic N) is 2. The molecule has 1 aromatic rings. The number of ether oxygens (including phenoxy) is 1. The van der Waals surface area contributed by atoms with Gasteiger partial charge in [0.15, 0.2) is 5.13 Å². The lowest BCUT2D eigenvalue weighted by Gasteiger charge is -2.13. The first-order valence-electron chi connectivity index (χ1n) is 4.11. The third-order valence-electron chi connectivity index (χ3n) is 1.46. The average Bonchev–Trinajstić information content (AvgIpc) is 2.52. The smallest absolute Gasteiger partial charge is 0.325 e. The van der Waals surface area contributed by atoms with Crippen LogP contribution in [-0.2, 0) is 9.53 Å². The summed E-state index contributed by atoms with van der Waals surface area (Å²) in [5, 5.41) is 2.88. The number of carbonyl (C=O) groups is 1. The van der Waals surface area contributed by atoms with E-state index in [1.54, 1.807) is 24.3 Å². The van der Waals surface area contributed by atoms with E-state index in [-0.39, 0.29) is 12.5 Å². The van der Waals surface area contributed by atoms with E-state index in [1.807, 2.05) is 0 Å². The molecule has 0 aliphatic heterocycles. The predicted octanol–water partition coefficient (Wildman–Crippen LogP) is 1.80. The summed E-state index contributed by atoms with van der Waals surface area (Å²) in [7, 11) is 1.77. The standard InChI is InChI=1S/C8H11ClN2O2S/c1-3-13-7(12)4-11(2)8-10-6(9)5-14-8/h5H,3-4H2,1-2H3. The van der Waals surface area contributed by atoms with E-state index >= 15 is 0 Å². The molecule has 0 atom stereocenters. The predicted molar refractivity (Wildman–Crippen MR) is 57.0 cm³/mol. The number of likely N-dealkylation sites (N-methyl/N-ethyl adjacent to an activating group) is 1. The van der Waals surface area contributed by atoms with Crippen molar-refractivity contribution >= 4 is 34.0 Å². The summed E-state index contributed by atoms with van der Waals surface area (Å²) in [6.45, 7) is 2.36. The topological polar surface area (TPSA) is 42.4 Å². The van der Waals surface area contributed by atoms with E-state index in [9.17, 15) is 4.79 Å². The van der Waals surface area contributed by atoms with Gasteiger partial charge in [-0.2, -0.15) is 0 Å². The van der Waals surface area contributed by atoms with E-state index in [0.717, 1.165) is 0 Å². The molecule has 4 nitrogen and oxygen atoms in total. The van der Waals surface area contributed by atoms with Gasteiger partial charge in [-0.3, -0.25) is 4.79 Å². The molecule has 1 heterocycles. The van der Waals surface area contributed by atoms with Crippen molar-refractivity contribution in [3.63, 3.8) is 0 Å².